The molecular weight excluding hydrogens is 338 g/mol. The highest BCUT2D eigenvalue weighted by Crippen LogP contribution is 2.38. The molecule has 1 atom stereocenters. The molecule has 1 aliphatic rings. The highest BCUT2D eigenvalue weighted by Gasteiger charge is 2.28. The Labute approximate surface area is 144 Å². The lowest BCUT2D eigenvalue weighted by atomic mass is 10.2. The topological polar surface area (TPSA) is 79.5 Å². The Bertz CT molecular complexity index is 571. The van der Waals surface area contributed by atoms with Gasteiger partial charge in [-0.2, -0.15) is 0 Å². The zero-order valence-corrected chi connectivity index (χ0v) is 14.4. The fourth-order valence-corrected chi connectivity index (χ4v) is 3.35. The van der Waals surface area contributed by atoms with Crippen molar-refractivity contribution in [1.82, 2.24) is 10.6 Å². The number of hydrogen-bond donors (Lipinski definition) is 3. The van der Waals surface area contributed by atoms with Crippen molar-refractivity contribution in [1.29, 1.82) is 0 Å². The summed E-state index contributed by atoms with van der Waals surface area (Å²) in [7, 11) is 1.64. The molecule has 2 rings (SSSR count). The van der Waals surface area contributed by atoms with E-state index in [4.69, 9.17) is 16.3 Å². The molecule has 8 heteroatoms. The van der Waals surface area contributed by atoms with Crippen molar-refractivity contribution in [3.63, 3.8) is 0 Å². The van der Waals surface area contributed by atoms with Crippen LogP contribution in [0.5, 0.6) is 0 Å². The number of carbonyl (C=O) groups is 2. The van der Waals surface area contributed by atoms with Gasteiger partial charge in [-0.05, 0) is 18.2 Å². The zero-order valence-electron chi connectivity index (χ0n) is 12.9. The zero-order chi connectivity index (χ0) is 16.7. The van der Waals surface area contributed by atoms with Crippen molar-refractivity contribution in [2.45, 2.75) is 16.6 Å². The molecule has 0 saturated heterocycles. The molecule has 1 heterocycles. The summed E-state index contributed by atoms with van der Waals surface area (Å²) in [5.41, 5.74) is 0.700. The van der Waals surface area contributed by atoms with Crippen LogP contribution in [0, 0.1) is 0 Å². The second-order valence-corrected chi connectivity index (χ2v) is 6.71. The Balaban J connectivity index is 1.76. The van der Waals surface area contributed by atoms with Gasteiger partial charge in [-0.15, -0.1) is 11.8 Å². The second-order valence-electron chi connectivity index (χ2n) is 5.03. The van der Waals surface area contributed by atoms with Crippen LogP contribution in [0.15, 0.2) is 23.1 Å². The fraction of sp³-hybridized carbons (Fsp3) is 0.467. The molecule has 6 nitrogen and oxygen atoms in total. The molecule has 0 aliphatic carbocycles. The molecule has 0 aromatic heterocycles. The van der Waals surface area contributed by atoms with Crippen LogP contribution >= 0.6 is 23.4 Å². The van der Waals surface area contributed by atoms with Crippen LogP contribution in [0.4, 0.5) is 5.69 Å². The molecule has 0 radical (unpaired) electrons. The van der Waals surface area contributed by atoms with Crippen molar-refractivity contribution in [3.8, 4) is 0 Å². The first kappa shape index (κ1) is 18.1. The Morgan fingerprint density at radius 3 is 3.00 bits per heavy atom. The van der Waals surface area contributed by atoms with Gasteiger partial charge in [0.15, 0.2) is 0 Å². The predicted molar refractivity (Wildman–Crippen MR) is 92.1 cm³/mol. The number of amides is 2. The molecule has 2 amide bonds. The summed E-state index contributed by atoms with van der Waals surface area (Å²) in [4.78, 5) is 24.9. The lowest BCUT2D eigenvalue weighted by Crippen LogP contribution is -2.37. The maximum atomic E-state index is 12.1. The van der Waals surface area contributed by atoms with Crippen molar-refractivity contribution in [2.24, 2.45) is 0 Å². The van der Waals surface area contributed by atoms with Gasteiger partial charge in [0.2, 0.25) is 11.8 Å². The molecule has 0 fully saturated rings. The SMILES string of the molecule is COCCNCCNC(=O)CC1Sc2ccc(Cl)cc2NC1=O. The number of nitrogens with one attached hydrogen (secondary N) is 3. The number of benzene rings is 1. The first-order valence-electron chi connectivity index (χ1n) is 7.33. The minimum atomic E-state index is -0.426. The normalized spacial score (nSPS) is 16.6. The highest BCUT2D eigenvalue weighted by molar-refractivity contribution is 8.01. The summed E-state index contributed by atoms with van der Waals surface area (Å²) in [6, 6.07) is 5.34. The maximum Gasteiger partial charge on any atom is 0.238 e. The van der Waals surface area contributed by atoms with Crippen molar-refractivity contribution >= 4 is 40.9 Å². The third kappa shape index (κ3) is 5.69. The van der Waals surface area contributed by atoms with Gasteiger partial charge in [0.05, 0.1) is 17.5 Å². The summed E-state index contributed by atoms with van der Waals surface area (Å²) < 4.78 is 4.91. The molecule has 1 aromatic rings. The van der Waals surface area contributed by atoms with Crippen LogP contribution in [0.25, 0.3) is 0 Å². The maximum absolute atomic E-state index is 12.1. The molecule has 0 saturated carbocycles. The van der Waals surface area contributed by atoms with Gasteiger partial charge in [-0.3, -0.25) is 9.59 Å². The summed E-state index contributed by atoms with van der Waals surface area (Å²) in [5.74, 6) is -0.304. The van der Waals surface area contributed by atoms with E-state index in [0.29, 0.717) is 30.4 Å². The molecule has 3 N–H and O–H groups in total. The van der Waals surface area contributed by atoms with Crippen molar-refractivity contribution in [3.05, 3.63) is 23.2 Å². The molecule has 126 valence electrons. The molecule has 0 bridgehead atoms. The van der Waals surface area contributed by atoms with E-state index in [1.807, 2.05) is 6.07 Å². The summed E-state index contributed by atoms with van der Waals surface area (Å²) in [5, 5.41) is 8.88. The van der Waals surface area contributed by atoms with Crippen molar-refractivity contribution < 1.29 is 14.3 Å². The summed E-state index contributed by atoms with van der Waals surface area (Å²) >= 11 is 7.30. The lowest BCUT2D eigenvalue weighted by Gasteiger charge is -2.23. The smallest absolute Gasteiger partial charge is 0.238 e. The summed E-state index contributed by atoms with van der Waals surface area (Å²) in [6.45, 7) is 2.57. The van der Waals surface area contributed by atoms with E-state index in [2.05, 4.69) is 16.0 Å². The molecule has 1 aromatic carbocycles. The average Bonchev–Trinajstić information content (AvgIpc) is 2.51. The number of carbonyl (C=O) groups excluding carboxylic acids is 2. The predicted octanol–water partition coefficient (Wildman–Crippen LogP) is 1.50. The number of ether oxygens (including phenoxy) is 1. The van der Waals surface area contributed by atoms with E-state index in [9.17, 15) is 9.59 Å². The largest absolute Gasteiger partial charge is 0.383 e. The minimum absolute atomic E-state index is 0.136. The van der Waals surface area contributed by atoms with Gasteiger partial charge in [-0.25, -0.2) is 0 Å². The number of fused-ring (bicyclic) bond motifs is 1. The molecule has 23 heavy (non-hydrogen) atoms. The average molecular weight is 358 g/mol. The van der Waals surface area contributed by atoms with E-state index >= 15 is 0 Å². The van der Waals surface area contributed by atoms with Gasteiger partial charge in [0.25, 0.3) is 0 Å². The number of anilines is 1. The van der Waals surface area contributed by atoms with Crippen LogP contribution in [0.3, 0.4) is 0 Å². The molecule has 0 spiro atoms. The third-order valence-corrected chi connectivity index (χ3v) is 4.75. The Hall–Kier alpha value is -1.28. The van der Waals surface area contributed by atoms with Gasteiger partial charge < -0.3 is 20.7 Å². The van der Waals surface area contributed by atoms with Gasteiger partial charge in [0, 0.05) is 43.1 Å². The Kier molecular flexibility index (Phi) is 7.16. The fourth-order valence-electron chi connectivity index (χ4n) is 2.09. The van der Waals surface area contributed by atoms with Crippen LogP contribution in [0.2, 0.25) is 5.02 Å². The van der Waals surface area contributed by atoms with Crippen LogP contribution in [-0.2, 0) is 14.3 Å². The van der Waals surface area contributed by atoms with Gasteiger partial charge in [-0.1, -0.05) is 11.6 Å². The van der Waals surface area contributed by atoms with Crippen LogP contribution in [-0.4, -0.2) is 50.4 Å². The van der Waals surface area contributed by atoms with Crippen molar-refractivity contribution in [2.75, 3.05) is 38.7 Å². The molecular formula is C15H20ClN3O3S. The number of rotatable bonds is 8. The van der Waals surface area contributed by atoms with Crippen LogP contribution < -0.4 is 16.0 Å². The van der Waals surface area contributed by atoms with E-state index in [1.165, 1.54) is 11.8 Å². The first-order chi connectivity index (χ1) is 11.1. The number of methoxy groups -OCH3 is 1. The van der Waals surface area contributed by atoms with Gasteiger partial charge in [0.1, 0.15) is 0 Å². The quantitative estimate of drug-likeness (QED) is 0.614. The number of halogens is 1. The summed E-state index contributed by atoms with van der Waals surface area (Å²) in [6.07, 6.45) is 0.149. The third-order valence-electron chi connectivity index (χ3n) is 3.24. The monoisotopic (exact) mass is 357 g/mol. The lowest BCUT2D eigenvalue weighted by molar-refractivity contribution is -0.124. The van der Waals surface area contributed by atoms with Crippen LogP contribution in [0.1, 0.15) is 6.42 Å². The number of hydrogen-bond acceptors (Lipinski definition) is 5. The highest BCUT2D eigenvalue weighted by atomic mass is 35.5. The van der Waals surface area contributed by atoms with E-state index in [0.717, 1.165) is 11.4 Å². The Morgan fingerprint density at radius 1 is 1.39 bits per heavy atom. The van der Waals surface area contributed by atoms with E-state index < -0.39 is 5.25 Å². The van der Waals surface area contributed by atoms with E-state index in [-0.39, 0.29) is 18.2 Å². The number of thioether (sulfide) groups is 1. The first-order valence-corrected chi connectivity index (χ1v) is 8.59. The van der Waals surface area contributed by atoms with Gasteiger partial charge >= 0.3 is 0 Å². The molecule has 1 aliphatic heterocycles. The second kappa shape index (κ2) is 9.12. The molecule has 1 unspecified atom stereocenters. The van der Waals surface area contributed by atoms with E-state index in [1.54, 1.807) is 19.2 Å². The standard InChI is InChI=1S/C15H20ClN3O3S/c1-22-7-6-17-4-5-18-14(20)9-13-15(21)19-11-8-10(16)2-3-12(11)23-13/h2-3,8,13,17H,4-7,9H2,1H3,(H,18,20)(H,19,21). The Morgan fingerprint density at radius 2 is 2.22 bits per heavy atom. The minimum Gasteiger partial charge on any atom is -0.383 e.